The molecule has 0 saturated carbocycles. The van der Waals surface area contributed by atoms with Gasteiger partial charge in [-0.1, -0.05) is 11.3 Å². The molecular formula is C3ClN3S. The van der Waals surface area contributed by atoms with Crippen LogP contribution in [-0.4, -0.2) is 10.2 Å². The van der Waals surface area contributed by atoms with Gasteiger partial charge in [0.25, 0.3) is 0 Å². The third-order valence-corrected chi connectivity index (χ3v) is 1.42. The van der Waals surface area contributed by atoms with Gasteiger partial charge in [-0.05, 0) is 11.6 Å². The average Bonchev–Trinajstić information content (AvgIpc) is 2.14. The van der Waals surface area contributed by atoms with E-state index in [-0.39, 0.29) is 0 Å². The molecule has 0 aliphatic heterocycles. The molecular weight excluding hydrogens is 146 g/mol. The Kier molecular flexibility index (Phi) is 1.42. The van der Waals surface area contributed by atoms with Gasteiger partial charge in [-0.2, -0.15) is 5.26 Å². The molecule has 0 atom stereocenters. The van der Waals surface area contributed by atoms with Gasteiger partial charge < -0.3 is 0 Å². The summed E-state index contributed by atoms with van der Waals surface area (Å²) in [6.07, 6.45) is 0. The summed E-state index contributed by atoms with van der Waals surface area (Å²) in [6.45, 7) is 0. The summed E-state index contributed by atoms with van der Waals surface area (Å²) in [7, 11) is 0. The Morgan fingerprint density at radius 1 is 1.62 bits per heavy atom. The molecule has 0 fully saturated rings. The summed E-state index contributed by atoms with van der Waals surface area (Å²) in [5.74, 6) is 0. The van der Waals surface area contributed by atoms with Gasteiger partial charge in [0, 0.05) is 0 Å². The standard InChI is InChI=1S/C3ClN3S/c4-3-7-6-2(1-5)8-3. The summed E-state index contributed by atoms with van der Waals surface area (Å²) in [5, 5.41) is 15.3. The van der Waals surface area contributed by atoms with Gasteiger partial charge in [0.2, 0.25) is 9.47 Å². The van der Waals surface area contributed by atoms with Gasteiger partial charge in [-0.15, -0.1) is 10.2 Å². The zero-order valence-corrected chi connectivity index (χ0v) is 5.20. The van der Waals surface area contributed by atoms with Gasteiger partial charge in [0.1, 0.15) is 6.07 Å². The average molecular weight is 146 g/mol. The first-order valence-electron chi connectivity index (χ1n) is 1.72. The van der Waals surface area contributed by atoms with E-state index in [9.17, 15) is 0 Å². The highest BCUT2D eigenvalue weighted by molar-refractivity contribution is 7.15. The van der Waals surface area contributed by atoms with Crippen molar-refractivity contribution in [2.24, 2.45) is 0 Å². The first-order valence-corrected chi connectivity index (χ1v) is 2.91. The Bertz CT molecular complexity index is 225. The van der Waals surface area contributed by atoms with Crippen LogP contribution in [0.4, 0.5) is 0 Å². The van der Waals surface area contributed by atoms with Crippen molar-refractivity contribution in [3.8, 4) is 6.07 Å². The van der Waals surface area contributed by atoms with E-state index >= 15 is 0 Å². The largest absolute Gasteiger partial charge is 0.219 e. The maximum Gasteiger partial charge on any atom is 0.219 e. The van der Waals surface area contributed by atoms with Gasteiger partial charge in [0.15, 0.2) is 0 Å². The van der Waals surface area contributed by atoms with Crippen LogP contribution in [0.5, 0.6) is 0 Å². The van der Waals surface area contributed by atoms with E-state index in [2.05, 4.69) is 10.2 Å². The first-order chi connectivity index (χ1) is 3.83. The van der Waals surface area contributed by atoms with Crippen LogP contribution >= 0.6 is 22.9 Å². The fraction of sp³-hybridized carbons (Fsp3) is 0. The Hall–Kier alpha value is -0.660. The lowest BCUT2D eigenvalue weighted by Gasteiger charge is -1.60. The molecule has 5 heteroatoms. The summed E-state index contributed by atoms with van der Waals surface area (Å²) in [5.41, 5.74) is 0. The van der Waals surface area contributed by atoms with Crippen molar-refractivity contribution in [1.29, 1.82) is 5.26 Å². The molecule has 0 bridgehead atoms. The van der Waals surface area contributed by atoms with Crippen molar-refractivity contribution in [3.63, 3.8) is 0 Å². The Morgan fingerprint density at radius 3 is 2.62 bits per heavy atom. The normalized spacial score (nSPS) is 8.50. The van der Waals surface area contributed by atoms with E-state index < -0.39 is 0 Å². The van der Waals surface area contributed by atoms with Crippen LogP contribution in [-0.2, 0) is 0 Å². The zero-order valence-electron chi connectivity index (χ0n) is 3.63. The summed E-state index contributed by atoms with van der Waals surface area (Å²) in [6, 6.07) is 1.81. The van der Waals surface area contributed by atoms with E-state index in [0.29, 0.717) is 9.47 Å². The molecule has 0 N–H and O–H groups in total. The third-order valence-electron chi connectivity index (χ3n) is 0.496. The van der Waals surface area contributed by atoms with Crippen LogP contribution in [0.1, 0.15) is 5.01 Å². The minimum Gasteiger partial charge on any atom is -0.190 e. The van der Waals surface area contributed by atoms with Crippen molar-refractivity contribution < 1.29 is 0 Å². The number of nitriles is 1. The summed E-state index contributed by atoms with van der Waals surface area (Å²) < 4.78 is 0.307. The fourth-order valence-corrected chi connectivity index (χ4v) is 0.876. The second-order valence-corrected chi connectivity index (χ2v) is 2.53. The Balaban J connectivity index is 3.05. The zero-order chi connectivity index (χ0) is 5.98. The highest BCUT2D eigenvalue weighted by atomic mass is 35.5. The highest BCUT2D eigenvalue weighted by Crippen LogP contribution is 2.12. The summed E-state index contributed by atoms with van der Waals surface area (Å²) in [4.78, 5) is 0. The molecule has 0 unspecified atom stereocenters. The molecule has 1 heterocycles. The van der Waals surface area contributed by atoms with Gasteiger partial charge >= 0.3 is 0 Å². The van der Waals surface area contributed by atoms with Crippen molar-refractivity contribution in [2.45, 2.75) is 0 Å². The topological polar surface area (TPSA) is 49.6 Å². The van der Waals surface area contributed by atoms with Crippen molar-refractivity contribution in [2.75, 3.05) is 0 Å². The number of hydrogen-bond donors (Lipinski definition) is 0. The first kappa shape index (κ1) is 5.48. The minimum atomic E-state index is 0.301. The maximum absolute atomic E-state index is 8.15. The van der Waals surface area contributed by atoms with E-state index in [1.807, 2.05) is 6.07 Å². The van der Waals surface area contributed by atoms with Gasteiger partial charge in [0.05, 0.1) is 0 Å². The van der Waals surface area contributed by atoms with Crippen LogP contribution in [0.2, 0.25) is 4.47 Å². The maximum atomic E-state index is 8.15. The smallest absolute Gasteiger partial charge is 0.190 e. The van der Waals surface area contributed by atoms with Gasteiger partial charge in [-0.3, -0.25) is 0 Å². The molecule has 0 radical (unpaired) electrons. The fourth-order valence-electron chi connectivity index (χ4n) is 0.251. The van der Waals surface area contributed by atoms with Crippen LogP contribution in [0.3, 0.4) is 0 Å². The molecule has 3 nitrogen and oxygen atoms in total. The number of rotatable bonds is 0. The SMILES string of the molecule is N#Cc1nnc(Cl)s1. The lowest BCUT2D eigenvalue weighted by atomic mass is 10.8. The third kappa shape index (κ3) is 0.941. The second-order valence-electron chi connectivity index (χ2n) is 0.972. The van der Waals surface area contributed by atoms with Crippen molar-refractivity contribution in [1.82, 2.24) is 10.2 Å². The van der Waals surface area contributed by atoms with Crippen molar-refractivity contribution >= 4 is 22.9 Å². The molecule has 1 aromatic rings. The van der Waals surface area contributed by atoms with Crippen LogP contribution in [0.25, 0.3) is 0 Å². The second kappa shape index (κ2) is 2.07. The van der Waals surface area contributed by atoms with Crippen LogP contribution < -0.4 is 0 Å². The molecule has 40 valence electrons. The van der Waals surface area contributed by atoms with Crippen LogP contribution in [0, 0.1) is 11.3 Å². The number of nitrogens with zero attached hydrogens (tertiary/aromatic N) is 3. The summed E-state index contributed by atoms with van der Waals surface area (Å²) >= 11 is 6.40. The van der Waals surface area contributed by atoms with E-state index in [0.717, 1.165) is 11.3 Å². The molecule has 1 rings (SSSR count). The molecule has 0 aromatic carbocycles. The van der Waals surface area contributed by atoms with E-state index in [1.165, 1.54) is 0 Å². The molecule has 8 heavy (non-hydrogen) atoms. The van der Waals surface area contributed by atoms with E-state index in [1.54, 1.807) is 0 Å². The number of hydrogen-bond acceptors (Lipinski definition) is 4. The molecule has 1 aromatic heterocycles. The minimum absolute atomic E-state index is 0.301. The Labute approximate surface area is 54.5 Å². The predicted molar refractivity (Wildman–Crippen MR) is 29.6 cm³/mol. The van der Waals surface area contributed by atoms with Crippen LogP contribution in [0.15, 0.2) is 0 Å². The molecule has 0 aliphatic carbocycles. The molecule has 0 amide bonds. The molecule has 0 aliphatic rings. The monoisotopic (exact) mass is 145 g/mol. The molecule has 0 saturated heterocycles. The van der Waals surface area contributed by atoms with Crippen molar-refractivity contribution in [3.05, 3.63) is 9.47 Å². The highest BCUT2D eigenvalue weighted by Gasteiger charge is 1.96. The number of aromatic nitrogens is 2. The Morgan fingerprint density at radius 2 is 2.38 bits per heavy atom. The molecule has 0 spiro atoms. The number of halogens is 1. The lowest BCUT2D eigenvalue weighted by molar-refractivity contribution is 1.07. The van der Waals surface area contributed by atoms with Gasteiger partial charge in [-0.25, -0.2) is 0 Å². The van der Waals surface area contributed by atoms with E-state index in [4.69, 9.17) is 16.9 Å². The quantitative estimate of drug-likeness (QED) is 0.549. The predicted octanol–water partition coefficient (Wildman–Crippen LogP) is 1.06. The lowest BCUT2D eigenvalue weighted by Crippen LogP contribution is -1.68.